The molecule has 4 nitrogen and oxygen atoms in total. The first-order chi connectivity index (χ1) is 8.95. The van der Waals surface area contributed by atoms with Crippen LogP contribution in [-0.4, -0.2) is 24.4 Å². The van der Waals surface area contributed by atoms with Crippen LogP contribution in [0.3, 0.4) is 0 Å². The highest BCUT2D eigenvalue weighted by atomic mass is 127. The summed E-state index contributed by atoms with van der Waals surface area (Å²) in [6.07, 6.45) is 0.860. The summed E-state index contributed by atoms with van der Waals surface area (Å²) >= 11 is 8.05. The number of hydrogen-bond acceptors (Lipinski definition) is 2. The van der Waals surface area contributed by atoms with E-state index in [2.05, 4.69) is 33.2 Å². The summed E-state index contributed by atoms with van der Waals surface area (Å²) < 4.78 is 0.879. The topological polar surface area (TPSA) is 58.2 Å². The van der Waals surface area contributed by atoms with Crippen molar-refractivity contribution in [3.63, 3.8) is 0 Å². The molecule has 1 atom stereocenters. The number of nitrogens with one attached hydrogen (secondary N) is 2. The second kappa shape index (κ2) is 7.69. The number of carbonyl (C=O) groups excluding carboxylic acids is 2. The molecular formula is C13H16ClIN2O2. The van der Waals surface area contributed by atoms with Gasteiger partial charge in [0.2, 0.25) is 5.91 Å². The van der Waals surface area contributed by atoms with Crippen molar-refractivity contribution in [2.75, 3.05) is 6.54 Å². The Balaban J connectivity index is 2.63. The predicted molar refractivity (Wildman–Crippen MR) is 84.4 cm³/mol. The molecule has 1 unspecified atom stereocenters. The number of carbonyl (C=O) groups is 2. The molecule has 2 N–H and O–H groups in total. The summed E-state index contributed by atoms with van der Waals surface area (Å²) in [6.45, 7) is 4.22. The summed E-state index contributed by atoms with van der Waals surface area (Å²) in [6, 6.07) is 4.46. The quantitative estimate of drug-likeness (QED) is 0.754. The van der Waals surface area contributed by atoms with E-state index in [0.29, 0.717) is 17.1 Å². The lowest BCUT2D eigenvalue weighted by molar-refractivity contribution is -0.122. The maximum atomic E-state index is 11.9. The van der Waals surface area contributed by atoms with Crippen LogP contribution < -0.4 is 10.6 Å². The van der Waals surface area contributed by atoms with Gasteiger partial charge in [0.05, 0.1) is 5.02 Å². The van der Waals surface area contributed by atoms with Crippen molar-refractivity contribution in [1.29, 1.82) is 0 Å². The molecular weight excluding hydrogens is 379 g/mol. The summed E-state index contributed by atoms with van der Waals surface area (Å²) in [4.78, 5) is 23.6. The van der Waals surface area contributed by atoms with Gasteiger partial charge in [0.25, 0.3) is 5.91 Å². The molecule has 0 saturated carbocycles. The van der Waals surface area contributed by atoms with E-state index in [0.717, 1.165) is 9.99 Å². The molecule has 19 heavy (non-hydrogen) atoms. The molecule has 104 valence electrons. The van der Waals surface area contributed by atoms with Crippen molar-refractivity contribution in [1.82, 2.24) is 10.6 Å². The van der Waals surface area contributed by atoms with E-state index < -0.39 is 6.04 Å². The summed E-state index contributed by atoms with van der Waals surface area (Å²) in [5, 5.41) is 5.89. The Kier molecular flexibility index (Phi) is 6.57. The normalized spacial score (nSPS) is 11.8. The van der Waals surface area contributed by atoms with Gasteiger partial charge in [-0.15, -0.1) is 0 Å². The van der Waals surface area contributed by atoms with Gasteiger partial charge in [-0.2, -0.15) is 0 Å². The molecule has 1 aromatic carbocycles. The zero-order chi connectivity index (χ0) is 14.4. The van der Waals surface area contributed by atoms with Crippen LogP contribution in [0, 0.1) is 3.57 Å². The van der Waals surface area contributed by atoms with Crippen LogP contribution in [0.1, 0.15) is 30.6 Å². The third kappa shape index (κ3) is 4.99. The molecule has 0 saturated heterocycles. The number of rotatable bonds is 5. The van der Waals surface area contributed by atoms with Crippen LogP contribution in [0.4, 0.5) is 0 Å². The molecule has 0 fully saturated rings. The minimum Gasteiger partial charge on any atom is -0.354 e. The van der Waals surface area contributed by atoms with Crippen molar-refractivity contribution in [3.05, 3.63) is 32.4 Å². The van der Waals surface area contributed by atoms with Gasteiger partial charge in [-0.3, -0.25) is 9.59 Å². The molecule has 0 spiro atoms. The van der Waals surface area contributed by atoms with Crippen LogP contribution in [0.25, 0.3) is 0 Å². The summed E-state index contributed by atoms with van der Waals surface area (Å²) in [5.41, 5.74) is 0.445. The number of halogens is 2. The molecule has 0 radical (unpaired) electrons. The predicted octanol–water partition coefficient (Wildman–Crippen LogP) is 2.59. The van der Waals surface area contributed by atoms with Gasteiger partial charge < -0.3 is 10.6 Å². The van der Waals surface area contributed by atoms with Crippen LogP contribution in [0.2, 0.25) is 5.02 Å². The standard InChI is InChI=1S/C13H16ClIN2O2/c1-3-6-16-12(18)8(2)17-13(19)9-4-5-11(15)10(14)7-9/h4-5,7-8H,3,6H2,1-2H3,(H,16,18)(H,17,19). The van der Waals surface area contributed by atoms with Gasteiger partial charge in [-0.05, 0) is 54.1 Å². The van der Waals surface area contributed by atoms with Crippen molar-refractivity contribution < 1.29 is 9.59 Å². The Morgan fingerprint density at radius 1 is 1.42 bits per heavy atom. The molecule has 0 aromatic heterocycles. The SMILES string of the molecule is CCCNC(=O)C(C)NC(=O)c1ccc(I)c(Cl)c1. The highest BCUT2D eigenvalue weighted by Crippen LogP contribution is 2.19. The van der Waals surface area contributed by atoms with Gasteiger partial charge in [-0.25, -0.2) is 0 Å². The molecule has 0 bridgehead atoms. The second-order valence-corrected chi connectivity index (χ2v) is 5.68. The molecule has 2 amide bonds. The van der Waals surface area contributed by atoms with E-state index in [4.69, 9.17) is 11.6 Å². The molecule has 0 aliphatic carbocycles. The molecule has 1 aromatic rings. The monoisotopic (exact) mass is 394 g/mol. The fourth-order valence-corrected chi connectivity index (χ4v) is 1.90. The Morgan fingerprint density at radius 2 is 2.11 bits per heavy atom. The third-order valence-electron chi connectivity index (χ3n) is 2.47. The fraction of sp³-hybridized carbons (Fsp3) is 0.385. The average Bonchev–Trinajstić information content (AvgIpc) is 2.38. The Bertz CT molecular complexity index is 480. The third-order valence-corrected chi connectivity index (χ3v) is 4.04. The molecule has 0 heterocycles. The lowest BCUT2D eigenvalue weighted by atomic mass is 10.2. The summed E-state index contributed by atoms with van der Waals surface area (Å²) in [7, 11) is 0. The van der Waals surface area contributed by atoms with Crippen LogP contribution >= 0.6 is 34.2 Å². The lowest BCUT2D eigenvalue weighted by Gasteiger charge is -2.14. The molecule has 0 aliphatic heterocycles. The van der Waals surface area contributed by atoms with E-state index in [9.17, 15) is 9.59 Å². The van der Waals surface area contributed by atoms with Gasteiger partial charge in [0, 0.05) is 15.7 Å². The van der Waals surface area contributed by atoms with Gasteiger partial charge in [-0.1, -0.05) is 18.5 Å². The van der Waals surface area contributed by atoms with E-state index in [-0.39, 0.29) is 11.8 Å². The zero-order valence-electron chi connectivity index (χ0n) is 10.8. The smallest absolute Gasteiger partial charge is 0.251 e. The first-order valence-corrected chi connectivity index (χ1v) is 7.45. The first kappa shape index (κ1) is 16.2. The van der Waals surface area contributed by atoms with E-state index >= 15 is 0 Å². The van der Waals surface area contributed by atoms with E-state index in [1.165, 1.54) is 0 Å². The van der Waals surface area contributed by atoms with Crippen LogP contribution in [0.15, 0.2) is 18.2 Å². The zero-order valence-corrected chi connectivity index (χ0v) is 13.7. The number of amides is 2. The first-order valence-electron chi connectivity index (χ1n) is 5.99. The Morgan fingerprint density at radius 3 is 2.68 bits per heavy atom. The van der Waals surface area contributed by atoms with Crippen molar-refractivity contribution >= 4 is 46.0 Å². The van der Waals surface area contributed by atoms with Crippen LogP contribution in [0.5, 0.6) is 0 Å². The molecule has 1 rings (SSSR count). The molecule has 0 aliphatic rings. The van der Waals surface area contributed by atoms with Gasteiger partial charge in [0.1, 0.15) is 6.04 Å². The van der Waals surface area contributed by atoms with Crippen LogP contribution in [-0.2, 0) is 4.79 Å². The van der Waals surface area contributed by atoms with Gasteiger partial charge >= 0.3 is 0 Å². The lowest BCUT2D eigenvalue weighted by Crippen LogP contribution is -2.45. The Hall–Kier alpha value is -0.820. The number of benzene rings is 1. The average molecular weight is 395 g/mol. The largest absolute Gasteiger partial charge is 0.354 e. The minimum atomic E-state index is -0.572. The van der Waals surface area contributed by atoms with E-state index in [1.54, 1.807) is 25.1 Å². The maximum absolute atomic E-state index is 11.9. The maximum Gasteiger partial charge on any atom is 0.251 e. The van der Waals surface area contributed by atoms with Crippen molar-refractivity contribution in [3.8, 4) is 0 Å². The molecule has 6 heteroatoms. The Labute approximate surface area is 131 Å². The van der Waals surface area contributed by atoms with Crippen molar-refractivity contribution in [2.24, 2.45) is 0 Å². The van der Waals surface area contributed by atoms with E-state index in [1.807, 2.05) is 6.92 Å². The fourth-order valence-electron chi connectivity index (χ4n) is 1.38. The van der Waals surface area contributed by atoms with Gasteiger partial charge in [0.15, 0.2) is 0 Å². The van der Waals surface area contributed by atoms with Crippen molar-refractivity contribution in [2.45, 2.75) is 26.3 Å². The second-order valence-electron chi connectivity index (χ2n) is 4.12. The highest BCUT2D eigenvalue weighted by Gasteiger charge is 2.16. The summed E-state index contributed by atoms with van der Waals surface area (Å²) in [5.74, 6) is -0.496. The number of hydrogen-bond donors (Lipinski definition) is 2. The minimum absolute atomic E-state index is 0.188. The highest BCUT2D eigenvalue weighted by molar-refractivity contribution is 14.1.